The molecule has 1 aromatic carbocycles. The van der Waals surface area contributed by atoms with E-state index in [0.717, 1.165) is 53.9 Å². The van der Waals surface area contributed by atoms with Crippen molar-refractivity contribution in [2.75, 3.05) is 11.9 Å². The van der Waals surface area contributed by atoms with Crippen LogP contribution in [-0.4, -0.2) is 18.4 Å². The summed E-state index contributed by atoms with van der Waals surface area (Å²) in [6.07, 6.45) is 8.04. The highest BCUT2D eigenvalue weighted by Gasteiger charge is 2.25. The van der Waals surface area contributed by atoms with E-state index in [2.05, 4.69) is 12.2 Å². The van der Waals surface area contributed by atoms with Crippen LogP contribution in [0.25, 0.3) is 6.08 Å². The number of hydrogen-bond acceptors (Lipinski definition) is 4. The predicted octanol–water partition coefficient (Wildman–Crippen LogP) is 4.17. The average Bonchev–Trinajstić information content (AvgIpc) is 3.21. The topological polar surface area (TPSA) is 81.4 Å². The molecule has 1 aliphatic rings. The van der Waals surface area contributed by atoms with Crippen molar-refractivity contribution in [2.45, 2.75) is 39.0 Å². The van der Waals surface area contributed by atoms with Crippen LogP contribution < -0.4 is 15.8 Å². The van der Waals surface area contributed by atoms with Gasteiger partial charge in [0, 0.05) is 16.5 Å². The Kier molecular flexibility index (Phi) is 6.29. The van der Waals surface area contributed by atoms with E-state index in [4.69, 9.17) is 10.5 Å². The first-order chi connectivity index (χ1) is 13.1. The van der Waals surface area contributed by atoms with Crippen LogP contribution in [0, 0.1) is 0 Å². The third kappa shape index (κ3) is 4.57. The molecule has 0 bridgehead atoms. The summed E-state index contributed by atoms with van der Waals surface area (Å²) in [5, 5.41) is 3.36. The minimum absolute atomic E-state index is 0.291. The second kappa shape index (κ2) is 8.86. The maximum absolute atomic E-state index is 12.4. The number of hydrogen-bond donors (Lipinski definition) is 2. The number of carbonyl (C=O) groups is 2. The number of anilines is 1. The quantitative estimate of drug-likeness (QED) is 0.529. The van der Waals surface area contributed by atoms with Gasteiger partial charge in [-0.1, -0.05) is 31.5 Å². The number of para-hydroxylation sites is 1. The molecule has 0 atom stereocenters. The number of primary amides is 1. The lowest BCUT2D eigenvalue weighted by molar-refractivity contribution is -0.111. The minimum Gasteiger partial charge on any atom is -0.493 e. The average molecular weight is 385 g/mol. The Morgan fingerprint density at radius 1 is 1.30 bits per heavy atom. The van der Waals surface area contributed by atoms with Crippen LogP contribution in [0.15, 0.2) is 30.3 Å². The van der Waals surface area contributed by atoms with Crippen molar-refractivity contribution in [3.8, 4) is 5.75 Å². The maximum atomic E-state index is 12.4. The molecule has 6 heteroatoms. The molecule has 1 heterocycles. The van der Waals surface area contributed by atoms with E-state index in [9.17, 15) is 9.59 Å². The molecule has 1 aromatic heterocycles. The van der Waals surface area contributed by atoms with E-state index in [0.29, 0.717) is 17.2 Å². The monoisotopic (exact) mass is 384 g/mol. The van der Waals surface area contributed by atoms with Gasteiger partial charge in [-0.2, -0.15) is 0 Å². The first-order valence-electron chi connectivity index (χ1n) is 9.25. The van der Waals surface area contributed by atoms with Crippen molar-refractivity contribution in [1.82, 2.24) is 0 Å². The van der Waals surface area contributed by atoms with Crippen LogP contribution in [0.4, 0.5) is 5.00 Å². The Morgan fingerprint density at radius 3 is 2.89 bits per heavy atom. The summed E-state index contributed by atoms with van der Waals surface area (Å²) in [6, 6.07) is 7.60. The molecule has 0 saturated carbocycles. The molecule has 27 heavy (non-hydrogen) atoms. The summed E-state index contributed by atoms with van der Waals surface area (Å²) >= 11 is 1.45. The number of carbonyl (C=O) groups excluding carboxylic acids is 2. The van der Waals surface area contributed by atoms with Gasteiger partial charge in [0.1, 0.15) is 10.8 Å². The molecule has 3 N–H and O–H groups in total. The number of aryl methyl sites for hydroxylation is 1. The molecule has 0 spiro atoms. The first kappa shape index (κ1) is 19.2. The van der Waals surface area contributed by atoms with Crippen molar-refractivity contribution in [3.05, 3.63) is 51.9 Å². The lowest BCUT2D eigenvalue weighted by Crippen LogP contribution is -2.16. The largest absolute Gasteiger partial charge is 0.493 e. The van der Waals surface area contributed by atoms with Gasteiger partial charge in [-0.3, -0.25) is 9.59 Å². The maximum Gasteiger partial charge on any atom is 0.251 e. The van der Waals surface area contributed by atoms with Crippen molar-refractivity contribution >= 4 is 34.2 Å². The van der Waals surface area contributed by atoms with E-state index >= 15 is 0 Å². The van der Waals surface area contributed by atoms with Crippen LogP contribution >= 0.6 is 11.3 Å². The predicted molar refractivity (Wildman–Crippen MR) is 109 cm³/mol. The van der Waals surface area contributed by atoms with Gasteiger partial charge in [0.2, 0.25) is 5.91 Å². The fraction of sp³-hybridized carbons (Fsp3) is 0.333. The number of benzene rings is 1. The Morgan fingerprint density at radius 2 is 2.11 bits per heavy atom. The van der Waals surface area contributed by atoms with Crippen LogP contribution in [0.1, 0.15) is 52.5 Å². The number of unbranched alkanes of at least 4 members (excludes halogenated alkanes) is 1. The molecule has 2 amide bonds. The van der Waals surface area contributed by atoms with Crippen LogP contribution in [0.2, 0.25) is 0 Å². The fourth-order valence-corrected chi connectivity index (χ4v) is 4.45. The minimum atomic E-state index is -0.483. The lowest BCUT2D eigenvalue weighted by Gasteiger charge is -2.08. The number of nitrogens with two attached hydrogens (primary N) is 1. The van der Waals surface area contributed by atoms with Gasteiger partial charge in [-0.05, 0) is 43.4 Å². The number of ether oxygens (including phenoxy) is 1. The van der Waals surface area contributed by atoms with Crippen molar-refractivity contribution in [3.63, 3.8) is 0 Å². The molecule has 1 aliphatic carbocycles. The highest BCUT2D eigenvalue weighted by molar-refractivity contribution is 7.17. The number of nitrogens with one attached hydrogen (secondary N) is 1. The summed E-state index contributed by atoms with van der Waals surface area (Å²) in [6.45, 7) is 2.76. The van der Waals surface area contributed by atoms with Crippen molar-refractivity contribution < 1.29 is 14.3 Å². The number of fused-ring (bicyclic) bond motifs is 1. The zero-order valence-corrected chi connectivity index (χ0v) is 16.2. The van der Waals surface area contributed by atoms with E-state index in [1.165, 1.54) is 17.4 Å². The van der Waals surface area contributed by atoms with Crippen molar-refractivity contribution in [2.24, 2.45) is 5.73 Å². The number of rotatable bonds is 8. The van der Waals surface area contributed by atoms with Crippen LogP contribution in [0.5, 0.6) is 5.75 Å². The number of amides is 2. The Labute approximate surface area is 163 Å². The molecule has 0 aliphatic heterocycles. The number of thiophene rings is 1. The molecule has 3 rings (SSSR count). The molecule has 0 radical (unpaired) electrons. The molecule has 0 unspecified atom stereocenters. The Bertz CT molecular complexity index is 870. The molecule has 0 fully saturated rings. The van der Waals surface area contributed by atoms with Gasteiger partial charge in [0.05, 0.1) is 12.2 Å². The third-order valence-electron chi connectivity index (χ3n) is 4.49. The molecule has 2 aromatic rings. The van der Waals surface area contributed by atoms with E-state index in [-0.39, 0.29) is 5.91 Å². The summed E-state index contributed by atoms with van der Waals surface area (Å²) in [4.78, 5) is 25.3. The molecular formula is C21H24N2O3S. The van der Waals surface area contributed by atoms with E-state index in [1.807, 2.05) is 24.3 Å². The van der Waals surface area contributed by atoms with E-state index in [1.54, 1.807) is 6.08 Å². The highest BCUT2D eigenvalue weighted by atomic mass is 32.1. The van der Waals surface area contributed by atoms with Gasteiger partial charge in [0.25, 0.3) is 5.91 Å². The second-order valence-corrected chi connectivity index (χ2v) is 7.59. The van der Waals surface area contributed by atoms with Crippen molar-refractivity contribution in [1.29, 1.82) is 0 Å². The smallest absolute Gasteiger partial charge is 0.251 e. The van der Waals surface area contributed by atoms with Crippen LogP contribution in [0.3, 0.4) is 0 Å². The molecule has 0 saturated heterocycles. The summed E-state index contributed by atoms with van der Waals surface area (Å²) in [5.41, 5.74) is 7.84. The Hall–Kier alpha value is -2.60. The van der Waals surface area contributed by atoms with Gasteiger partial charge < -0.3 is 15.8 Å². The highest BCUT2D eigenvalue weighted by Crippen LogP contribution is 2.38. The zero-order chi connectivity index (χ0) is 19.2. The van der Waals surface area contributed by atoms with E-state index < -0.39 is 5.91 Å². The second-order valence-electron chi connectivity index (χ2n) is 6.49. The zero-order valence-electron chi connectivity index (χ0n) is 15.4. The van der Waals surface area contributed by atoms with Gasteiger partial charge in [-0.15, -0.1) is 11.3 Å². The first-order valence-corrected chi connectivity index (χ1v) is 10.1. The normalized spacial score (nSPS) is 12.9. The van der Waals surface area contributed by atoms with Gasteiger partial charge >= 0.3 is 0 Å². The third-order valence-corrected chi connectivity index (χ3v) is 5.70. The summed E-state index contributed by atoms with van der Waals surface area (Å²) in [5.74, 6) is -0.0212. The summed E-state index contributed by atoms with van der Waals surface area (Å²) in [7, 11) is 0. The molecule has 5 nitrogen and oxygen atoms in total. The van der Waals surface area contributed by atoms with Crippen LogP contribution in [-0.2, 0) is 17.6 Å². The lowest BCUT2D eigenvalue weighted by atomic mass is 10.1. The standard InChI is InChI=1S/C21H24N2O3S/c1-2-3-13-26-16-9-5-4-7-14(16)11-12-18(24)23-21-19(20(22)25)15-8-6-10-17(15)27-21/h4-5,7,9,11-12H,2-3,6,8,10,13H2,1H3,(H2,22,25)(H,23,24)/b12-11+. The van der Waals surface area contributed by atoms with Gasteiger partial charge in [-0.25, -0.2) is 0 Å². The Balaban J connectivity index is 1.71. The SMILES string of the molecule is CCCCOc1ccccc1/C=C/C(=O)Nc1sc2c(c1C(N)=O)CCC2. The molecule has 142 valence electrons. The molecular weight excluding hydrogens is 360 g/mol. The summed E-state index contributed by atoms with van der Waals surface area (Å²) < 4.78 is 5.78. The van der Waals surface area contributed by atoms with Gasteiger partial charge in [0.15, 0.2) is 0 Å². The fourth-order valence-electron chi connectivity index (χ4n) is 3.15.